The van der Waals surface area contributed by atoms with Crippen LogP contribution in [0.1, 0.15) is 47.7 Å². The second-order valence-corrected chi connectivity index (χ2v) is 7.37. The number of nitrogens with zero attached hydrogens (tertiary/aromatic N) is 2. The highest BCUT2D eigenvalue weighted by atomic mass is 127. The molecule has 1 heterocycles. The zero-order valence-electron chi connectivity index (χ0n) is 17.3. The Morgan fingerprint density at radius 1 is 1.17 bits per heavy atom. The molecule has 9 heteroatoms. The van der Waals surface area contributed by atoms with Crippen LogP contribution in [0.15, 0.2) is 34.6 Å². The van der Waals surface area contributed by atoms with Crippen LogP contribution in [0.5, 0.6) is 5.75 Å². The summed E-state index contributed by atoms with van der Waals surface area (Å²) in [5.74, 6) is 1.75. The second-order valence-electron chi connectivity index (χ2n) is 6.43. The molecule has 0 spiro atoms. The van der Waals surface area contributed by atoms with Crippen molar-refractivity contribution in [3.05, 3.63) is 45.9 Å². The van der Waals surface area contributed by atoms with Crippen LogP contribution in [-0.2, 0) is 6.54 Å². The van der Waals surface area contributed by atoms with E-state index in [0.717, 1.165) is 23.0 Å². The molecule has 0 bridgehead atoms. The standard InChI is InChI=1S/C20H29N5O2S.HI/c1-5-21-20(24-12-18-25-17(13-28-18)14(2)3)23-11-10-22-19(26)15-6-8-16(27-4)9-7-15;/h6-9,13-14H,5,10-12H2,1-4H3,(H,22,26)(H2,21,23,24);1H. The number of aliphatic imine (C=N–C) groups is 1. The third-order valence-electron chi connectivity index (χ3n) is 3.93. The third kappa shape index (κ3) is 8.57. The highest BCUT2D eigenvalue weighted by molar-refractivity contribution is 14.0. The van der Waals surface area contributed by atoms with Crippen molar-refractivity contribution in [2.45, 2.75) is 33.2 Å². The summed E-state index contributed by atoms with van der Waals surface area (Å²) in [7, 11) is 1.60. The molecule has 0 aliphatic rings. The maximum absolute atomic E-state index is 12.2. The topological polar surface area (TPSA) is 87.6 Å². The summed E-state index contributed by atoms with van der Waals surface area (Å²) in [5, 5.41) is 12.4. The van der Waals surface area contributed by atoms with Crippen LogP contribution >= 0.6 is 35.3 Å². The lowest BCUT2D eigenvalue weighted by Crippen LogP contribution is -2.41. The number of carbonyl (C=O) groups is 1. The Morgan fingerprint density at radius 3 is 2.45 bits per heavy atom. The molecule has 1 aromatic carbocycles. The number of rotatable bonds is 9. The van der Waals surface area contributed by atoms with Gasteiger partial charge in [-0.05, 0) is 37.1 Å². The number of hydrogen-bond acceptors (Lipinski definition) is 5. The summed E-state index contributed by atoms with van der Waals surface area (Å²) in [6.07, 6.45) is 0. The van der Waals surface area contributed by atoms with Crippen molar-refractivity contribution in [1.29, 1.82) is 0 Å². The van der Waals surface area contributed by atoms with Gasteiger partial charge in [0.15, 0.2) is 5.96 Å². The molecule has 0 saturated carbocycles. The first kappa shape index (κ1) is 25.2. The van der Waals surface area contributed by atoms with E-state index >= 15 is 0 Å². The van der Waals surface area contributed by atoms with Gasteiger partial charge >= 0.3 is 0 Å². The van der Waals surface area contributed by atoms with E-state index < -0.39 is 0 Å². The Morgan fingerprint density at radius 2 is 1.86 bits per heavy atom. The summed E-state index contributed by atoms with van der Waals surface area (Å²) < 4.78 is 5.10. The average molecular weight is 531 g/mol. The molecule has 0 aliphatic heterocycles. The fraction of sp³-hybridized carbons (Fsp3) is 0.450. The van der Waals surface area contributed by atoms with Gasteiger partial charge in [0.1, 0.15) is 10.8 Å². The first-order chi connectivity index (χ1) is 13.5. The lowest BCUT2D eigenvalue weighted by Gasteiger charge is -2.11. The van der Waals surface area contributed by atoms with Crippen LogP contribution < -0.4 is 20.7 Å². The molecular formula is C20H30IN5O2S. The molecular weight excluding hydrogens is 501 g/mol. The number of nitrogens with one attached hydrogen (secondary N) is 3. The molecule has 3 N–H and O–H groups in total. The van der Waals surface area contributed by atoms with Crippen molar-refractivity contribution >= 4 is 47.2 Å². The van der Waals surface area contributed by atoms with Crippen LogP contribution in [-0.4, -0.2) is 43.6 Å². The van der Waals surface area contributed by atoms with Gasteiger partial charge < -0.3 is 20.7 Å². The Hall–Kier alpha value is -1.88. The largest absolute Gasteiger partial charge is 0.497 e. The molecule has 2 aromatic rings. The monoisotopic (exact) mass is 531 g/mol. The smallest absolute Gasteiger partial charge is 0.251 e. The van der Waals surface area contributed by atoms with Crippen molar-refractivity contribution in [1.82, 2.24) is 20.9 Å². The maximum atomic E-state index is 12.2. The van der Waals surface area contributed by atoms with Gasteiger partial charge in [-0.15, -0.1) is 35.3 Å². The van der Waals surface area contributed by atoms with Gasteiger partial charge in [0.2, 0.25) is 0 Å². The minimum atomic E-state index is -0.115. The van der Waals surface area contributed by atoms with Crippen LogP contribution in [0.3, 0.4) is 0 Å². The van der Waals surface area contributed by atoms with E-state index in [1.54, 1.807) is 42.7 Å². The van der Waals surface area contributed by atoms with E-state index in [2.05, 4.69) is 45.2 Å². The SMILES string of the molecule is CCNC(=NCc1nc(C(C)C)cs1)NCCNC(=O)c1ccc(OC)cc1.I. The highest BCUT2D eigenvalue weighted by Crippen LogP contribution is 2.18. The van der Waals surface area contributed by atoms with Crippen LogP contribution in [0, 0.1) is 0 Å². The lowest BCUT2D eigenvalue weighted by molar-refractivity contribution is 0.0954. The van der Waals surface area contributed by atoms with Gasteiger partial charge in [0.05, 0.1) is 19.3 Å². The average Bonchev–Trinajstić information content (AvgIpc) is 3.18. The second kappa shape index (κ2) is 13.4. The van der Waals surface area contributed by atoms with Crippen molar-refractivity contribution in [3.63, 3.8) is 0 Å². The number of amides is 1. The number of thiazole rings is 1. The number of halogens is 1. The molecule has 0 atom stereocenters. The number of methoxy groups -OCH3 is 1. The van der Waals surface area contributed by atoms with Crippen molar-refractivity contribution in [2.24, 2.45) is 4.99 Å². The fourth-order valence-corrected chi connectivity index (χ4v) is 3.23. The highest BCUT2D eigenvalue weighted by Gasteiger charge is 2.07. The summed E-state index contributed by atoms with van der Waals surface area (Å²) in [6, 6.07) is 7.03. The van der Waals surface area contributed by atoms with Gasteiger partial charge in [-0.1, -0.05) is 13.8 Å². The van der Waals surface area contributed by atoms with Gasteiger partial charge in [0.25, 0.3) is 5.91 Å². The van der Waals surface area contributed by atoms with E-state index in [-0.39, 0.29) is 29.9 Å². The van der Waals surface area contributed by atoms with Gasteiger partial charge in [-0.25, -0.2) is 9.98 Å². The number of hydrogen-bond donors (Lipinski definition) is 3. The van der Waals surface area contributed by atoms with Crippen molar-refractivity contribution < 1.29 is 9.53 Å². The summed E-state index contributed by atoms with van der Waals surface area (Å²) in [4.78, 5) is 21.3. The van der Waals surface area contributed by atoms with Gasteiger partial charge in [0, 0.05) is 30.6 Å². The van der Waals surface area contributed by atoms with E-state index in [1.807, 2.05) is 6.92 Å². The van der Waals surface area contributed by atoms with Crippen LogP contribution in [0.25, 0.3) is 0 Å². The third-order valence-corrected chi connectivity index (χ3v) is 4.78. The van der Waals surface area contributed by atoms with Crippen LogP contribution in [0.4, 0.5) is 0 Å². The maximum Gasteiger partial charge on any atom is 0.251 e. The van der Waals surface area contributed by atoms with E-state index in [9.17, 15) is 4.79 Å². The Balaban J connectivity index is 0.00000420. The molecule has 2 rings (SSSR count). The predicted molar refractivity (Wildman–Crippen MR) is 130 cm³/mol. The molecule has 0 radical (unpaired) electrons. The number of ether oxygens (including phenoxy) is 1. The molecule has 0 fully saturated rings. The zero-order chi connectivity index (χ0) is 20.4. The van der Waals surface area contributed by atoms with Gasteiger partial charge in [-0.2, -0.15) is 0 Å². The molecule has 29 heavy (non-hydrogen) atoms. The molecule has 160 valence electrons. The number of carbonyl (C=O) groups excluding carboxylic acids is 1. The van der Waals surface area contributed by atoms with Crippen molar-refractivity contribution in [2.75, 3.05) is 26.7 Å². The molecule has 1 aromatic heterocycles. The number of aromatic nitrogens is 1. The summed E-state index contributed by atoms with van der Waals surface area (Å²) in [5.41, 5.74) is 1.71. The normalized spacial score (nSPS) is 11.0. The summed E-state index contributed by atoms with van der Waals surface area (Å²) in [6.45, 7) is 8.64. The fourth-order valence-electron chi connectivity index (χ4n) is 2.35. The first-order valence-electron chi connectivity index (χ1n) is 9.42. The van der Waals surface area contributed by atoms with Gasteiger partial charge in [-0.3, -0.25) is 4.79 Å². The van der Waals surface area contributed by atoms with Crippen molar-refractivity contribution in [3.8, 4) is 5.75 Å². The molecule has 0 aliphatic carbocycles. The summed E-state index contributed by atoms with van der Waals surface area (Å²) >= 11 is 1.63. The Kier molecular flexibility index (Phi) is 11.6. The lowest BCUT2D eigenvalue weighted by atomic mass is 10.2. The Labute approximate surface area is 193 Å². The predicted octanol–water partition coefficient (Wildman–Crippen LogP) is 3.38. The minimum absolute atomic E-state index is 0. The van der Waals surface area contributed by atoms with E-state index in [1.165, 1.54) is 0 Å². The van der Waals surface area contributed by atoms with E-state index in [4.69, 9.17) is 4.74 Å². The Bertz CT molecular complexity index is 777. The molecule has 0 unspecified atom stereocenters. The molecule has 7 nitrogen and oxygen atoms in total. The number of benzene rings is 1. The quantitative estimate of drug-likeness (QED) is 0.200. The molecule has 1 amide bonds. The number of guanidine groups is 1. The van der Waals surface area contributed by atoms with E-state index in [0.29, 0.717) is 37.1 Å². The minimum Gasteiger partial charge on any atom is -0.497 e. The first-order valence-corrected chi connectivity index (χ1v) is 10.3. The molecule has 0 saturated heterocycles. The van der Waals surface area contributed by atoms with Crippen LogP contribution in [0.2, 0.25) is 0 Å². The zero-order valence-corrected chi connectivity index (χ0v) is 20.5.